The maximum Gasteiger partial charge on any atom is 0.323 e. The number of carbonyl (C=O) groups excluding carboxylic acids is 1. The number of nitrogens with zero attached hydrogens (tertiary/aromatic N) is 9. The second-order valence-electron chi connectivity index (χ2n) is 8.84. The number of aromatic nitrogens is 4. The van der Waals surface area contributed by atoms with Crippen LogP contribution >= 0.6 is 0 Å². The van der Waals surface area contributed by atoms with Gasteiger partial charge in [-0.15, -0.1) is 0 Å². The largest absolute Gasteiger partial charge is 0.323 e. The van der Waals surface area contributed by atoms with Crippen LogP contribution in [-0.4, -0.2) is 68.6 Å². The number of imidazole rings is 1. The van der Waals surface area contributed by atoms with E-state index >= 15 is 0 Å². The minimum absolute atomic E-state index is 0.457. The van der Waals surface area contributed by atoms with Crippen LogP contribution in [-0.2, 0) is 6.54 Å². The molecule has 5 rings (SSSR count). The smallest absolute Gasteiger partial charge is 0.308 e. The van der Waals surface area contributed by atoms with E-state index in [4.69, 9.17) is 5.53 Å². The molecule has 4 aromatic rings. The van der Waals surface area contributed by atoms with E-state index in [-0.39, 0.29) is 0 Å². The molecule has 3 aromatic heterocycles. The quantitative estimate of drug-likeness (QED) is 0.182. The maximum atomic E-state index is 12.7. The molecule has 0 atom stereocenters. The van der Waals surface area contributed by atoms with E-state index in [0.717, 1.165) is 31.7 Å². The fraction of sp³-hybridized carbons (Fsp3) is 0.231. The molecule has 4 heterocycles. The van der Waals surface area contributed by atoms with Gasteiger partial charge in [0, 0.05) is 67.0 Å². The number of pyridine rings is 1. The van der Waals surface area contributed by atoms with E-state index in [2.05, 4.69) is 64.4 Å². The number of hydrogen-bond acceptors (Lipinski definition) is 7. The number of azide groups is 1. The van der Waals surface area contributed by atoms with Gasteiger partial charge in [-0.1, -0.05) is 17.1 Å². The summed E-state index contributed by atoms with van der Waals surface area (Å²) in [6.45, 7) is 4.57. The molecule has 1 fully saturated rings. The third kappa shape index (κ3) is 6.05. The number of urea groups is 1. The van der Waals surface area contributed by atoms with Crippen molar-refractivity contribution < 1.29 is 4.79 Å². The van der Waals surface area contributed by atoms with E-state index in [1.54, 1.807) is 41.3 Å². The summed E-state index contributed by atoms with van der Waals surface area (Å²) in [6.07, 6.45) is 6.46. The minimum Gasteiger partial charge on any atom is -0.308 e. The second kappa shape index (κ2) is 11.4. The molecular formula is C26H25N11O. The molecule has 1 aliphatic rings. The fourth-order valence-corrected chi connectivity index (χ4v) is 4.08. The molecule has 1 aliphatic heterocycles. The van der Waals surface area contributed by atoms with E-state index in [9.17, 15) is 4.79 Å². The van der Waals surface area contributed by atoms with Crippen molar-refractivity contribution in [1.29, 1.82) is 0 Å². The first-order chi connectivity index (χ1) is 18.6. The van der Waals surface area contributed by atoms with Gasteiger partial charge < -0.3 is 15.5 Å². The minimum atomic E-state index is -0.457. The Morgan fingerprint density at radius 2 is 1.92 bits per heavy atom. The average molecular weight is 508 g/mol. The first-order valence-electron chi connectivity index (χ1n) is 12.0. The summed E-state index contributed by atoms with van der Waals surface area (Å²) < 4.78 is 1.65. The van der Waals surface area contributed by atoms with Gasteiger partial charge in [-0.25, -0.2) is 14.3 Å². The Kier molecular flexibility index (Phi) is 7.42. The summed E-state index contributed by atoms with van der Waals surface area (Å²) in [7, 11) is 2.11. The Morgan fingerprint density at radius 1 is 1.08 bits per heavy atom. The normalized spacial score (nSPS) is 13.8. The molecule has 0 spiro atoms. The predicted molar refractivity (Wildman–Crippen MR) is 144 cm³/mol. The van der Waals surface area contributed by atoms with E-state index in [1.807, 2.05) is 18.2 Å². The second-order valence-corrected chi connectivity index (χ2v) is 8.84. The summed E-state index contributed by atoms with van der Waals surface area (Å²) in [6, 6.07) is 10.3. The van der Waals surface area contributed by atoms with Gasteiger partial charge in [0.1, 0.15) is 5.69 Å². The van der Waals surface area contributed by atoms with E-state index < -0.39 is 6.03 Å². The highest BCUT2D eigenvalue weighted by atomic mass is 16.2. The number of fused-ring (bicyclic) bond motifs is 1. The molecule has 12 heteroatoms. The first kappa shape index (κ1) is 24.7. The molecular weight excluding hydrogens is 482 g/mol. The van der Waals surface area contributed by atoms with Gasteiger partial charge in [0.25, 0.3) is 0 Å². The zero-order valence-electron chi connectivity index (χ0n) is 20.7. The van der Waals surface area contributed by atoms with Crippen molar-refractivity contribution in [3.05, 3.63) is 88.4 Å². The standard InChI is InChI=1S/C26H25N11O/c1-35-9-11-36(12-10-35)18-20-5-6-21(14-24(20)33-34-27)31-26(38)32-22-13-19(15-28-16-22)4-7-23-17-29-25-3-2-8-30-37(23)25/h2-3,5-6,8,13-17H,9-12,18H2,1H3,(H2,31,32,38). The van der Waals surface area contributed by atoms with Crippen LogP contribution in [0.5, 0.6) is 0 Å². The lowest BCUT2D eigenvalue weighted by molar-refractivity contribution is 0.148. The van der Waals surface area contributed by atoms with Crippen molar-refractivity contribution in [3.63, 3.8) is 0 Å². The number of benzene rings is 1. The number of carbonyl (C=O) groups is 1. The number of rotatable bonds is 5. The van der Waals surface area contributed by atoms with Crippen LogP contribution in [0.2, 0.25) is 0 Å². The van der Waals surface area contributed by atoms with Gasteiger partial charge in [-0.05, 0) is 54.4 Å². The molecule has 0 bridgehead atoms. The molecule has 1 saturated heterocycles. The van der Waals surface area contributed by atoms with Crippen molar-refractivity contribution >= 4 is 28.7 Å². The highest BCUT2D eigenvalue weighted by Gasteiger charge is 2.16. The number of amides is 2. The SMILES string of the molecule is CN1CCN(Cc2ccc(NC(=O)Nc3cncc(C#Cc4cnc5cccnn45)c3)cc2N=[N+]=[N-])CC1. The molecule has 2 N–H and O–H groups in total. The van der Waals surface area contributed by atoms with Gasteiger partial charge in [-0.2, -0.15) is 5.10 Å². The molecule has 38 heavy (non-hydrogen) atoms. The number of hydrogen-bond donors (Lipinski definition) is 2. The van der Waals surface area contributed by atoms with Gasteiger partial charge in [0.05, 0.1) is 18.1 Å². The zero-order valence-corrected chi connectivity index (χ0v) is 20.7. The first-order valence-corrected chi connectivity index (χ1v) is 12.0. The lowest BCUT2D eigenvalue weighted by Crippen LogP contribution is -2.43. The van der Waals surface area contributed by atoms with Gasteiger partial charge in [0.15, 0.2) is 5.65 Å². The van der Waals surface area contributed by atoms with Crippen molar-refractivity contribution in [3.8, 4) is 11.8 Å². The molecule has 0 saturated carbocycles. The van der Waals surface area contributed by atoms with Crippen LogP contribution in [0.15, 0.2) is 66.3 Å². The Balaban J connectivity index is 1.24. The molecule has 2 amide bonds. The van der Waals surface area contributed by atoms with Crippen LogP contribution < -0.4 is 10.6 Å². The van der Waals surface area contributed by atoms with Crippen LogP contribution in [0.4, 0.5) is 21.9 Å². The Bertz CT molecular complexity index is 1570. The Hall–Kier alpha value is -4.95. The van der Waals surface area contributed by atoms with Crippen molar-refractivity contribution in [2.75, 3.05) is 43.9 Å². The number of likely N-dealkylation sites (N-methyl/N-ethyl adjacent to an activating group) is 1. The number of piperazine rings is 1. The van der Waals surface area contributed by atoms with Crippen molar-refractivity contribution in [2.24, 2.45) is 5.11 Å². The van der Waals surface area contributed by atoms with Crippen LogP contribution in [0, 0.1) is 11.8 Å². The van der Waals surface area contributed by atoms with Crippen molar-refractivity contribution in [2.45, 2.75) is 6.54 Å². The molecule has 190 valence electrons. The predicted octanol–water partition coefficient (Wildman–Crippen LogP) is 3.86. The van der Waals surface area contributed by atoms with Gasteiger partial charge in [-0.3, -0.25) is 9.88 Å². The molecule has 12 nitrogen and oxygen atoms in total. The van der Waals surface area contributed by atoms with E-state index in [0.29, 0.717) is 40.5 Å². The molecule has 1 aromatic carbocycles. The Morgan fingerprint density at radius 3 is 2.76 bits per heavy atom. The number of nitrogens with one attached hydrogen (secondary N) is 2. The lowest BCUT2D eigenvalue weighted by Gasteiger charge is -2.32. The van der Waals surface area contributed by atoms with Crippen LogP contribution in [0.3, 0.4) is 0 Å². The fourth-order valence-electron chi connectivity index (χ4n) is 4.08. The maximum absolute atomic E-state index is 12.7. The van der Waals surface area contributed by atoms with Crippen molar-refractivity contribution in [1.82, 2.24) is 29.4 Å². The summed E-state index contributed by atoms with van der Waals surface area (Å²) >= 11 is 0. The van der Waals surface area contributed by atoms with Gasteiger partial charge >= 0.3 is 6.03 Å². The zero-order chi connectivity index (χ0) is 26.3. The van der Waals surface area contributed by atoms with E-state index in [1.165, 1.54) is 6.20 Å². The van der Waals surface area contributed by atoms with Gasteiger partial charge in [0.2, 0.25) is 0 Å². The highest BCUT2D eigenvalue weighted by molar-refractivity contribution is 6.00. The van der Waals surface area contributed by atoms with Crippen LogP contribution in [0.1, 0.15) is 16.8 Å². The average Bonchev–Trinajstić information content (AvgIpc) is 3.34. The Labute approximate surface area is 218 Å². The van der Waals surface area contributed by atoms with Crippen LogP contribution in [0.25, 0.3) is 16.1 Å². The third-order valence-corrected chi connectivity index (χ3v) is 6.09. The number of anilines is 2. The topological polar surface area (TPSA) is 139 Å². The summed E-state index contributed by atoms with van der Waals surface area (Å²) in [5, 5.41) is 13.6. The highest BCUT2D eigenvalue weighted by Crippen LogP contribution is 2.26. The third-order valence-electron chi connectivity index (χ3n) is 6.09. The molecule has 0 radical (unpaired) electrons. The summed E-state index contributed by atoms with van der Waals surface area (Å²) in [5.41, 5.74) is 13.4. The summed E-state index contributed by atoms with van der Waals surface area (Å²) in [5.74, 6) is 6.06. The molecule has 0 unspecified atom stereocenters. The monoisotopic (exact) mass is 507 g/mol. The summed E-state index contributed by atoms with van der Waals surface area (Å²) in [4.78, 5) is 28.7. The molecule has 0 aliphatic carbocycles. The lowest BCUT2D eigenvalue weighted by atomic mass is 10.1.